The summed E-state index contributed by atoms with van der Waals surface area (Å²) in [7, 11) is 1.74. The lowest BCUT2D eigenvalue weighted by Gasteiger charge is -2.32. The second kappa shape index (κ2) is 8.05. The third kappa shape index (κ3) is 4.53. The van der Waals surface area contributed by atoms with E-state index in [9.17, 15) is 9.18 Å². The zero-order valence-electron chi connectivity index (χ0n) is 14.4. The van der Waals surface area contributed by atoms with Crippen LogP contribution in [0.4, 0.5) is 10.3 Å². The maximum Gasteiger partial charge on any atom is 0.257 e. The van der Waals surface area contributed by atoms with E-state index >= 15 is 0 Å². The number of likely N-dealkylation sites (tertiary alicyclic amines) is 1. The molecule has 0 spiro atoms. The lowest BCUT2D eigenvalue weighted by Crippen LogP contribution is -2.40. The van der Waals surface area contributed by atoms with Gasteiger partial charge in [0.2, 0.25) is 5.95 Å². The summed E-state index contributed by atoms with van der Waals surface area (Å²) < 4.78 is 13.0. The number of aryl methyl sites for hydroxylation is 1. The Balaban J connectivity index is 1.56. The van der Waals surface area contributed by atoms with Gasteiger partial charge in [-0.25, -0.2) is 14.4 Å². The number of hydrogen-bond donors (Lipinski definition) is 1. The van der Waals surface area contributed by atoms with E-state index in [1.54, 1.807) is 19.4 Å². The number of carbonyl (C=O) groups is 1. The number of benzene rings is 1. The molecule has 6 heteroatoms. The van der Waals surface area contributed by atoms with Gasteiger partial charge in [0, 0.05) is 32.5 Å². The minimum Gasteiger partial charge on any atom is -0.357 e. The lowest BCUT2D eigenvalue weighted by molar-refractivity contribution is 0.0667. The first-order valence-corrected chi connectivity index (χ1v) is 8.69. The van der Waals surface area contributed by atoms with Crippen LogP contribution in [0.5, 0.6) is 0 Å². The van der Waals surface area contributed by atoms with Gasteiger partial charge in [0.15, 0.2) is 0 Å². The van der Waals surface area contributed by atoms with E-state index in [4.69, 9.17) is 0 Å². The fourth-order valence-electron chi connectivity index (χ4n) is 3.26. The first-order chi connectivity index (χ1) is 12.2. The summed E-state index contributed by atoms with van der Waals surface area (Å²) in [6, 6.07) is 6.67. The Morgan fingerprint density at radius 3 is 2.68 bits per heavy atom. The smallest absolute Gasteiger partial charge is 0.257 e. The average Bonchev–Trinajstić information content (AvgIpc) is 2.67. The van der Waals surface area contributed by atoms with Crippen molar-refractivity contribution in [3.05, 3.63) is 53.6 Å². The molecule has 3 rings (SSSR count). The van der Waals surface area contributed by atoms with Crippen LogP contribution in [0.2, 0.25) is 0 Å². The molecule has 1 aromatic carbocycles. The van der Waals surface area contributed by atoms with Crippen LogP contribution < -0.4 is 5.32 Å². The van der Waals surface area contributed by atoms with Crippen molar-refractivity contribution >= 4 is 11.9 Å². The SMILES string of the molecule is CNc1ncc(C(=O)N2CCC[C@@H](CCc3ccc(F)cc3)C2)cn1. The number of nitrogens with zero attached hydrogens (tertiary/aromatic N) is 3. The van der Waals surface area contributed by atoms with Gasteiger partial charge >= 0.3 is 0 Å². The van der Waals surface area contributed by atoms with E-state index in [1.807, 2.05) is 17.0 Å². The summed E-state index contributed by atoms with van der Waals surface area (Å²) >= 11 is 0. The molecular formula is C19H23FN4O. The number of aromatic nitrogens is 2. The fourth-order valence-corrected chi connectivity index (χ4v) is 3.26. The molecule has 2 heterocycles. The van der Waals surface area contributed by atoms with Crippen LogP contribution in [-0.2, 0) is 6.42 Å². The number of nitrogens with one attached hydrogen (secondary N) is 1. The van der Waals surface area contributed by atoms with Gasteiger partial charge in [-0.15, -0.1) is 0 Å². The summed E-state index contributed by atoms with van der Waals surface area (Å²) in [5, 5.41) is 2.84. The molecule has 1 atom stereocenters. The van der Waals surface area contributed by atoms with Crippen LogP contribution in [0.1, 0.15) is 35.2 Å². The minimum absolute atomic E-state index is 0.00543. The molecule has 5 nitrogen and oxygen atoms in total. The standard InChI is InChI=1S/C19H23FN4O/c1-21-19-22-11-16(12-23-19)18(25)24-10-2-3-15(13-24)5-4-14-6-8-17(20)9-7-14/h6-9,11-12,15H,2-5,10,13H2,1H3,(H,21,22,23)/t15-/m0/s1. The van der Waals surface area contributed by atoms with E-state index in [0.717, 1.165) is 44.3 Å². The van der Waals surface area contributed by atoms with Crippen LogP contribution >= 0.6 is 0 Å². The van der Waals surface area contributed by atoms with Gasteiger partial charge in [0.05, 0.1) is 5.56 Å². The molecule has 0 saturated carbocycles. The molecule has 1 amide bonds. The highest BCUT2D eigenvalue weighted by Gasteiger charge is 2.24. The highest BCUT2D eigenvalue weighted by molar-refractivity contribution is 5.93. The van der Waals surface area contributed by atoms with E-state index in [2.05, 4.69) is 15.3 Å². The number of amides is 1. The largest absolute Gasteiger partial charge is 0.357 e. The molecule has 1 fully saturated rings. The zero-order valence-corrected chi connectivity index (χ0v) is 14.4. The van der Waals surface area contributed by atoms with Gasteiger partial charge in [-0.05, 0) is 49.3 Å². The number of piperidine rings is 1. The molecule has 1 N–H and O–H groups in total. The zero-order chi connectivity index (χ0) is 17.6. The van der Waals surface area contributed by atoms with E-state index in [1.165, 1.54) is 12.1 Å². The number of halogens is 1. The normalized spacial score (nSPS) is 17.4. The van der Waals surface area contributed by atoms with Crippen molar-refractivity contribution in [2.24, 2.45) is 5.92 Å². The summed E-state index contributed by atoms with van der Waals surface area (Å²) in [5.74, 6) is 0.770. The summed E-state index contributed by atoms with van der Waals surface area (Å²) in [5.41, 5.74) is 1.67. The van der Waals surface area contributed by atoms with Crippen molar-refractivity contribution in [1.82, 2.24) is 14.9 Å². The van der Waals surface area contributed by atoms with Gasteiger partial charge in [0.25, 0.3) is 5.91 Å². The third-order valence-corrected chi connectivity index (χ3v) is 4.68. The molecule has 132 valence electrons. The van der Waals surface area contributed by atoms with Gasteiger partial charge < -0.3 is 10.2 Å². The molecule has 0 aliphatic carbocycles. The average molecular weight is 342 g/mol. The van der Waals surface area contributed by atoms with Crippen molar-refractivity contribution in [1.29, 1.82) is 0 Å². The van der Waals surface area contributed by atoms with Crippen molar-refractivity contribution < 1.29 is 9.18 Å². The molecule has 1 saturated heterocycles. The van der Waals surface area contributed by atoms with Gasteiger partial charge in [0.1, 0.15) is 5.82 Å². The predicted octanol–water partition coefficient (Wildman–Crippen LogP) is 3.14. The van der Waals surface area contributed by atoms with Crippen LogP contribution in [0.3, 0.4) is 0 Å². The highest BCUT2D eigenvalue weighted by Crippen LogP contribution is 2.23. The third-order valence-electron chi connectivity index (χ3n) is 4.68. The number of hydrogen-bond acceptors (Lipinski definition) is 4. The Morgan fingerprint density at radius 2 is 2.00 bits per heavy atom. The molecule has 25 heavy (non-hydrogen) atoms. The topological polar surface area (TPSA) is 58.1 Å². The fraction of sp³-hybridized carbons (Fsp3) is 0.421. The first kappa shape index (κ1) is 17.3. The second-order valence-corrected chi connectivity index (χ2v) is 6.47. The number of carbonyl (C=O) groups excluding carboxylic acids is 1. The predicted molar refractivity (Wildman–Crippen MR) is 94.9 cm³/mol. The van der Waals surface area contributed by atoms with Gasteiger partial charge in [-0.2, -0.15) is 0 Å². The maximum absolute atomic E-state index is 13.0. The van der Waals surface area contributed by atoms with E-state index in [0.29, 0.717) is 17.4 Å². The first-order valence-electron chi connectivity index (χ1n) is 8.69. The summed E-state index contributed by atoms with van der Waals surface area (Å²) in [4.78, 5) is 22.8. The van der Waals surface area contributed by atoms with Crippen LogP contribution in [0.25, 0.3) is 0 Å². The molecule has 2 aromatic rings. The van der Waals surface area contributed by atoms with E-state index < -0.39 is 0 Å². The Bertz CT molecular complexity index is 702. The number of anilines is 1. The molecule has 0 radical (unpaired) electrons. The Labute approximate surface area is 147 Å². The second-order valence-electron chi connectivity index (χ2n) is 6.47. The Hall–Kier alpha value is -2.50. The molecule has 1 aromatic heterocycles. The Morgan fingerprint density at radius 1 is 1.28 bits per heavy atom. The van der Waals surface area contributed by atoms with E-state index in [-0.39, 0.29) is 11.7 Å². The van der Waals surface area contributed by atoms with Crippen LogP contribution in [0.15, 0.2) is 36.7 Å². The summed E-state index contributed by atoms with van der Waals surface area (Å²) in [6.45, 7) is 1.54. The lowest BCUT2D eigenvalue weighted by atomic mass is 9.91. The Kier molecular flexibility index (Phi) is 5.58. The molecular weight excluding hydrogens is 319 g/mol. The van der Waals surface area contributed by atoms with Crippen molar-refractivity contribution in [2.75, 3.05) is 25.5 Å². The monoisotopic (exact) mass is 342 g/mol. The summed E-state index contributed by atoms with van der Waals surface area (Å²) in [6.07, 6.45) is 7.19. The molecule has 1 aliphatic rings. The van der Waals surface area contributed by atoms with Crippen LogP contribution in [0, 0.1) is 11.7 Å². The number of rotatable bonds is 5. The van der Waals surface area contributed by atoms with Gasteiger partial charge in [-0.3, -0.25) is 4.79 Å². The minimum atomic E-state index is -0.204. The molecule has 0 unspecified atom stereocenters. The quantitative estimate of drug-likeness (QED) is 0.907. The molecule has 1 aliphatic heterocycles. The maximum atomic E-state index is 13.0. The molecule has 0 bridgehead atoms. The van der Waals surface area contributed by atoms with Crippen LogP contribution in [-0.4, -0.2) is 40.9 Å². The van der Waals surface area contributed by atoms with Crippen molar-refractivity contribution in [3.8, 4) is 0 Å². The van der Waals surface area contributed by atoms with Crippen molar-refractivity contribution in [3.63, 3.8) is 0 Å². The van der Waals surface area contributed by atoms with Gasteiger partial charge in [-0.1, -0.05) is 12.1 Å². The highest BCUT2D eigenvalue weighted by atomic mass is 19.1. The van der Waals surface area contributed by atoms with Crippen molar-refractivity contribution in [2.45, 2.75) is 25.7 Å².